The monoisotopic (exact) mass is 414 g/mol. The van der Waals surface area contributed by atoms with E-state index in [4.69, 9.17) is 4.74 Å². The van der Waals surface area contributed by atoms with E-state index in [9.17, 15) is 9.59 Å². The standard InChI is InChI=1S/C18H22N2O3S2.ClH/c1-3-7-20-8-6-13-14(11-20)25-17(16(13)18(22)23-2)19-15(21)10-12-5-4-9-24-12;/h4-5,9H,3,6-8,10-11H2,1-2H3,(H,19,21);1H. The number of hydrogen-bond donors (Lipinski definition) is 1. The Bertz CT molecular complexity index is 759. The van der Waals surface area contributed by atoms with E-state index in [0.717, 1.165) is 47.8 Å². The molecule has 0 atom stereocenters. The molecule has 5 nitrogen and oxygen atoms in total. The molecule has 8 heteroatoms. The fourth-order valence-electron chi connectivity index (χ4n) is 3.11. The van der Waals surface area contributed by atoms with Gasteiger partial charge in [-0.25, -0.2) is 4.79 Å². The van der Waals surface area contributed by atoms with Crippen LogP contribution in [0.25, 0.3) is 0 Å². The van der Waals surface area contributed by atoms with Gasteiger partial charge >= 0.3 is 5.97 Å². The Hall–Kier alpha value is -1.41. The van der Waals surface area contributed by atoms with E-state index in [1.807, 2.05) is 17.5 Å². The average Bonchev–Trinajstić information content (AvgIpc) is 3.21. The van der Waals surface area contributed by atoms with Crippen molar-refractivity contribution in [2.75, 3.05) is 25.5 Å². The zero-order chi connectivity index (χ0) is 17.8. The van der Waals surface area contributed by atoms with E-state index in [2.05, 4.69) is 17.1 Å². The average molecular weight is 415 g/mol. The van der Waals surface area contributed by atoms with Gasteiger partial charge < -0.3 is 10.1 Å². The molecular weight excluding hydrogens is 392 g/mol. The van der Waals surface area contributed by atoms with Gasteiger partial charge in [-0.15, -0.1) is 35.1 Å². The van der Waals surface area contributed by atoms with Gasteiger partial charge in [0.2, 0.25) is 5.91 Å². The zero-order valence-corrected chi connectivity index (χ0v) is 17.3. The Labute approximate surface area is 167 Å². The highest BCUT2D eigenvalue weighted by molar-refractivity contribution is 7.17. The highest BCUT2D eigenvalue weighted by Crippen LogP contribution is 2.37. The number of halogens is 1. The van der Waals surface area contributed by atoms with Crippen LogP contribution in [0.5, 0.6) is 0 Å². The van der Waals surface area contributed by atoms with Crippen LogP contribution < -0.4 is 5.32 Å². The maximum Gasteiger partial charge on any atom is 0.341 e. The van der Waals surface area contributed by atoms with Crippen LogP contribution in [-0.4, -0.2) is 37.0 Å². The van der Waals surface area contributed by atoms with Gasteiger partial charge in [0.25, 0.3) is 0 Å². The molecule has 0 unspecified atom stereocenters. The van der Waals surface area contributed by atoms with Crippen molar-refractivity contribution in [1.29, 1.82) is 0 Å². The van der Waals surface area contributed by atoms with Crippen molar-refractivity contribution in [3.05, 3.63) is 38.4 Å². The maximum absolute atomic E-state index is 12.4. The van der Waals surface area contributed by atoms with Crippen molar-refractivity contribution in [2.45, 2.75) is 32.7 Å². The number of rotatable bonds is 6. The number of nitrogens with zero attached hydrogens (tertiary/aromatic N) is 1. The van der Waals surface area contributed by atoms with E-state index in [1.54, 1.807) is 11.3 Å². The van der Waals surface area contributed by atoms with Crippen molar-refractivity contribution in [3.8, 4) is 0 Å². The predicted octanol–water partition coefficient (Wildman–Crippen LogP) is 3.97. The molecule has 26 heavy (non-hydrogen) atoms. The molecule has 142 valence electrons. The van der Waals surface area contributed by atoms with Gasteiger partial charge in [0.15, 0.2) is 0 Å². The molecular formula is C18H23ClN2O3S2. The summed E-state index contributed by atoms with van der Waals surface area (Å²) in [5, 5.41) is 5.51. The second-order valence-electron chi connectivity index (χ2n) is 6.03. The summed E-state index contributed by atoms with van der Waals surface area (Å²) in [5.41, 5.74) is 1.58. The van der Waals surface area contributed by atoms with Crippen molar-refractivity contribution >= 4 is 52.0 Å². The highest BCUT2D eigenvalue weighted by atomic mass is 35.5. The molecule has 2 aromatic heterocycles. The van der Waals surface area contributed by atoms with Crippen molar-refractivity contribution in [1.82, 2.24) is 4.90 Å². The largest absolute Gasteiger partial charge is 0.465 e. The summed E-state index contributed by atoms with van der Waals surface area (Å²) in [5.74, 6) is -0.468. The van der Waals surface area contributed by atoms with Crippen molar-refractivity contribution < 1.29 is 14.3 Å². The molecule has 1 aliphatic rings. The lowest BCUT2D eigenvalue weighted by molar-refractivity contribution is -0.115. The lowest BCUT2D eigenvalue weighted by atomic mass is 10.0. The number of methoxy groups -OCH3 is 1. The normalized spacial score (nSPS) is 13.6. The summed E-state index contributed by atoms with van der Waals surface area (Å²) in [6.45, 7) is 4.98. The van der Waals surface area contributed by atoms with Crippen LogP contribution in [0.1, 0.15) is 39.0 Å². The van der Waals surface area contributed by atoms with E-state index < -0.39 is 0 Å². The number of thiophene rings is 2. The van der Waals surface area contributed by atoms with Gasteiger partial charge in [0, 0.05) is 22.8 Å². The Morgan fingerprint density at radius 1 is 1.38 bits per heavy atom. The number of carbonyl (C=O) groups excluding carboxylic acids is 2. The van der Waals surface area contributed by atoms with Gasteiger partial charge in [-0.05, 0) is 36.4 Å². The van der Waals surface area contributed by atoms with E-state index in [1.165, 1.54) is 18.4 Å². The van der Waals surface area contributed by atoms with Crippen LogP contribution in [0.2, 0.25) is 0 Å². The minimum absolute atomic E-state index is 0. The smallest absolute Gasteiger partial charge is 0.341 e. The molecule has 0 fully saturated rings. The number of ether oxygens (including phenoxy) is 1. The van der Waals surface area contributed by atoms with Crippen LogP contribution in [0.15, 0.2) is 17.5 Å². The third kappa shape index (κ3) is 4.65. The first-order valence-electron chi connectivity index (χ1n) is 8.39. The fraction of sp³-hybridized carbons (Fsp3) is 0.444. The molecule has 0 saturated carbocycles. The lowest BCUT2D eigenvalue weighted by Crippen LogP contribution is -2.30. The maximum atomic E-state index is 12.4. The molecule has 2 aromatic rings. The van der Waals surface area contributed by atoms with Crippen LogP contribution in [0, 0.1) is 0 Å². The number of amides is 1. The minimum atomic E-state index is -0.368. The summed E-state index contributed by atoms with van der Waals surface area (Å²) in [7, 11) is 1.38. The first kappa shape index (κ1) is 20.9. The number of anilines is 1. The van der Waals surface area contributed by atoms with Crippen molar-refractivity contribution in [3.63, 3.8) is 0 Å². The lowest BCUT2D eigenvalue weighted by Gasteiger charge is -2.26. The molecule has 0 spiro atoms. The fourth-order valence-corrected chi connectivity index (χ4v) is 5.11. The first-order chi connectivity index (χ1) is 12.1. The molecule has 1 amide bonds. The van der Waals surface area contributed by atoms with Crippen LogP contribution >= 0.6 is 35.1 Å². The Balaban J connectivity index is 0.00000243. The van der Waals surface area contributed by atoms with E-state index in [0.29, 0.717) is 17.0 Å². The zero-order valence-electron chi connectivity index (χ0n) is 14.9. The Morgan fingerprint density at radius 3 is 2.85 bits per heavy atom. The summed E-state index contributed by atoms with van der Waals surface area (Å²) >= 11 is 3.06. The number of esters is 1. The summed E-state index contributed by atoms with van der Waals surface area (Å²) in [6, 6.07) is 3.87. The Kier molecular flexibility index (Phi) is 7.64. The molecule has 1 N–H and O–H groups in total. The molecule has 0 bridgehead atoms. The molecule has 1 aliphatic heterocycles. The molecule has 0 aliphatic carbocycles. The van der Waals surface area contributed by atoms with Crippen LogP contribution in [0.4, 0.5) is 5.00 Å². The summed E-state index contributed by atoms with van der Waals surface area (Å²) in [4.78, 5) is 29.2. The van der Waals surface area contributed by atoms with E-state index in [-0.39, 0.29) is 24.3 Å². The number of fused-ring (bicyclic) bond motifs is 1. The topological polar surface area (TPSA) is 58.6 Å². The quantitative estimate of drug-likeness (QED) is 0.726. The molecule has 0 aromatic carbocycles. The minimum Gasteiger partial charge on any atom is -0.465 e. The summed E-state index contributed by atoms with van der Waals surface area (Å²) in [6.07, 6.45) is 2.24. The van der Waals surface area contributed by atoms with Crippen molar-refractivity contribution in [2.24, 2.45) is 0 Å². The summed E-state index contributed by atoms with van der Waals surface area (Å²) < 4.78 is 4.97. The van der Waals surface area contributed by atoms with Gasteiger partial charge in [0.05, 0.1) is 19.1 Å². The SMILES string of the molecule is CCCN1CCc2c(sc(NC(=O)Cc3cccs3)c2C(=O)OC)C1.Cl. The third-order valence-electron chi connectivity index (χ3n) is 4.23. The first-order valence-corrected chi connectivity index (χ1v) is 10.1. The van der Waals surface area contributed by atoms with Crippen LogP contribution in [-0.2, 0) is 28.9 Å². The van der Waals surface area contributed by atoms with Gasteiger partial charge in [0.1, 0.15) is 5.00 Å². The Morgan fingerprint density at radius 2 is 2.19 bits per heavy atom. The molecule has 3 rings (SSSR count). The van der Waals surface area contributed by atoms with Gasteiger partial charge in [-0.2, -0.15) is 0 Å². The van der Waals surface area contributed by atoms with E-state index >= 15 is 0 Å². The number of nitrogens with one attached hydrogen (secondary N) is 1. The van der Waals surface area contributed by atoms with Crippen LogP contribution in [0.3, 0.4) is 0 Å². The number of carbonyl (C=O) groups is 2. The molecule has 3 heterocycles. The second kappa shape index (κ2) is 9.50. The second-order valence-corrected chi connectivity index (χ2v) is 8.17. The van der Waals surface area contributed by atoms with Gasteiger partial charge in [-0.3, -0.25) is 9.69 Å². The third-order valence-corrected chi connectivity index (χ3v) is 6.24. The molecule has 0 radical (unpaired) electrons. The molecule has 0 saturated heterocycles. The highest BCUT2D eigenvalue weighted by Gasteiger charge is 2.29. The number of hydrogen-bond acceptors (Lipinski definition) is 6. The predicted molar refractivity (Wildman–Crippen MR) is 109 cm³/mol. The van der Waals surface area contributed by atoms with Gasteiger partial charge in [-0.1, -0.05) is 13.0 Å².